The van der Waals surface area contributed by atoms with Crippen LogP contribution < -0.4 is 5.32 Å². The summed E-state index contributed by atoms with van der Waals surface area (Å²) in [5.41, 5.74) is 4.31. The second-order valence-corrected chi connectivity index (χ2v) is 6.19. The number of H-pyrrole nitrogens is 1. The average molecular weight is 381 g/mol. The minimum absolute atomic E-state index is 0.155. The van der Waals surface area contributed by atoms with Crippen molar-refractivity contribution in [2.24, 2.45) is 0 Å². The van der Waals surface area contributed by atoms with E-state index in [9.17, 15) is 4.79 Å². The number of anilines is 1. The maximum absolute atomic E-state index is 12.1. The third-order valence-corrected chi connectivity index (χ3v) is 4.22. The Kier molecular flexibility index (Phi) is 3.66. The van der Waals surface area contributed by atoms with Gasteiger partial charge in [-0.05, 0) is 58.4 Å². The number of benzene rings is 2. The molecule has 6 heteroatoms. The lowest BCUT2D eigenvalue weighted by Crippen LogP contribution is -2.10. The Morgan fingerprint density at radius 1 is 1.12 bits per heavy atom. The lowest BCUT2D eigenvalue weighted by Gasteiger charge is -2.07. The van der Waals surface area contributed by atoms with Gasteiger partial charge in [-0.15, -0.1) is 0 Å². The number of hydrogen-bond acceptors (Lipinski definition) is 2. The Morgan fingerprint density at radius 3 is 2.67 bits per heavy atom. The van der Waals surface area contributed by atoms with Crippen molar-refractivity contribution in [3.63, 3.8) is 0 Å². The number of aromatic amines is 1. The van der Waals surface area contributed by atoms with Crippen LogP contribution in [0.5, 0.6) is 0 Å². The molecule has 0 spiro atoms. The number of hydrogen-bond donors (Lipinski definition) is 2. The van der Waals surface area contributed by atoms with Crippen LogP contribution in [0.25, 0.3) is 16.7 Å². The fraction of sp³-hybridized carbons (Fsp3) is 0. The maximum atomic E-state index is 12.1. The molecule has 4 aromatic rings. The number of nitrogens with zero attached hydrogens (tertiary/aromatic N) is 2. The molecule has 0 saturated heterocycles. The first-order chi connectivity index (χ1) is 11.7. The minimum Gasteiger partial charge on any atom is -0.355 e. The summed E-state index contributed by atoms with van der Waals surface area (Å²) in [7, 11) is 0. The number of carbonyl (C=O) groups excluding carboxylic acids is 1. The normalized spacial score (nSPS) is 10.9. The molecule has 1 amide bonds. The predicted molar refractivity (Wildman–Crippen MR) is 97.5 cm³/mol. The van der Waals surface area contributed by atoms with Gasteiger partial charge in [-0.2, -0.15) is 0 Å². The average Bonchev–Trinajstić information content (AvgIpc) is 3.22. The Balaban J connectivity index is 1.57. The van der Waals surface area contributed by atoms with Crippen LogP contribution >= 0.6 is 15.9 Å². The summed E-state index contributed by atoms with van der Waals surface area (Å²) in [6.45, 7) is 0. The molecule has 24 heavy (non-hydrogen) atoms. The molecule has 2 aromatic heterocycles. The van der Waals surface area contributed by atoms with Gasteiger partial charge in [0.05, 0.1) is 21.2 Å². The highest BCUT2D eigenvalue weighted by Gasteiger charge is 2.08. The standard InChI is InChI=1S/C18H13BrN4O/c19-17-9-12(10-20-17)18(24)22-13-5-7-14(8-6-13)23-11-21-15-3-1-2-4-16(15)23/h1-11,20H,(H,22,24). The van der Waals surface area contributed by atoms with E-state index in [-0.39, 0.29) is 5.91 Å². The molecule has 0 fully saturated rings. The van der Waals surface area contributed by atoms with Crippen LogP contribution in [0.15, 0.2) is 71.7 Å². The van der Waals surface area contributed by atoms with Gasteiger partial charge >= 0.3 is 0 Å². The number of imidazole rings is 1. The number of fused-ring (bicyclic) bond motifs is 1. The molecule has 5 nitrogen and oxygen atoms in total. The third-order valence-electron chi connectivity index (χ3n) is 3.77. The summed E-state index contributed by atoms with van der Waals surface area (Å²) in [6.07, 6.45) is 3.46. The molecule has 0 aliphatic rings. The molecular formula is C18H13BrN4O. The first-order valence-corrected chi connectivity index (χ1v) is 8.18. The van der Waals surface area contributed by atoms with E-state index in [1.165, 1.54) is 0 Å². The van der Waals surface area contributed by atoms with E-state index in [2.05, 4.69) is 31.2 Å². The number of para-hydroxylation sites is 2. The fourth-order valence-corrected chi connectivity index (χ4v) is 2.93. The van der Waals surface area contributed by atoms with E-state index in [0.717, 1.165) is 27.0 Å². The molecule has 0 aliphatic heterocycles. The van der Waals surface area contributed by atoms with Crippen molar-refractivity contribution in [3.05, 3.63) is 77.3 Å². The molecule has 0 atom stereocenters. The van der Waals surface area contributed by atoms with Gasteiger partial charge in [0.25, 0.3) is 5.91 Å². The van der Waals surface area contributed by atoms with Gasteiger partial charge in [0, 0.05) is 17.6 Å². The number of aromatic nitrogens is 3. The molecule has 118 valence electrons. The number of carbonyl (C=O) groups is 1. The van der Waals surface area contributed by atoms with Crippen LogP contribution in [0, 0.1) is 0 Å². The lowest BCUT2D eigenvalue weighted by molar-refractivity contribution is 0.102. The summed E-state index contributed by atoms with van der Waals surface area (Å²) in [4.78, 5) is 19.5. The Labute approximate surface area is 146 Å². The van der Waals surface area contributed by atoms with Gasteiger partial charge in [-0.1, -0.05) is 12.1 Å². The van der Waals surface area contributed by atoms with Crippen molar-refractivity contribution >= 4 is 38.6 Å². The van der Waals surface area contributed by atoms with E-state index < -0.39 is 0 Å². The largest absolute Gasteiger partial charge is 0.355 e. The topological polar surface area (TPSA) is 62.7 Å². The Bertz CT molecular complexity index is 1020. The van der Waals surface area contributed by atoms with Crippen LogP contribution in [-0.2, 0) is 0 Å². The maximum Gasteiger partial charge on any atom is 0.257 e. The second kappa shape index (κ2) is 5.98. The molecule has 2 N–H and O–H groups in total. The molecule has 0 radical (unpaired) electrons. The summed E-state index contributed by atoms with van der Waals surface area (Å²) in [6, 6.07) is 17.4. The van der Waals surface area contributed by atoms with Crippen molar-refractivity contribution < 1.29 is 4.79 Å². The molecule has 0 aliphatic carbocycles. The zero-order valence-electron chi connectivity index (χ0n) is 12.5. The van der Waals surface area contributed by atoms with Gasteiger partial charge in [-0.3, -0.25) is 9.36 Å². The van der Waals surface area contributed by atoms with Gasteiger partial charge in [0.15, 0.2) is 0 Å². The summed E-state index contributed by atoms with van der Waals surface area (Å²) in [5, 5.41) is 2.88. The first kappa shape index (κ1) is 14.7. The third kappa shape index (κ3) is 2.72. The number of nitrogens with one attached hydrogen (secondary N) is 2. The fourth-order valence-electron chi connectivity index (χ4n) is 2.57. The van der Waals surface area contributed by atoms with Crippen LogP contribution in [0.2, 0.25) is 0 Å². The molecule has 4 rings (SSSR count). The second-order valence-electron chi connectivity index (χ2n) is 5.34. The van der Waals surface area contributed by atoms with Gasteiger partial charge in [-0.25, -0.2) is 4.98 Å². The van der Waals surface area contributed by atoms with Gasteiger partial charge in [0.2, 0.25) is 0 Å². The summed E-state index contributed by atoms with van der Waals surface area (Å²) in [5.74, 6) is -0.155. The van der Waals surface area contributed by atoms with E-state index >= 15 is 0 Å². The van der Waals surface area contributed by atoms with E-state index in [0.29, 0.717) is 5.56 Å². The SMILES string of the molecule is O=C(Nc1ccc(-n2cnc3ccccc32)cc1)c1c[nH]c(Br)c1. The summed E-state index contributed by atoms with van der Waals surface area (Å²) < 4.78 is 2.79. The van der Waals surface area contributed by atoms with E-state index in [1.807, 2.05) is 53.1 Å². The van der Waals surface area contributed by atoms with Crippen LogP contribution in [0.1, 0.15) is 10.4 Å². The van der Waals surface area contributed by atoms with Crippen molar-refractivity contribution in [3.8, 4) is 5.69 Å². The monoisotopic (exact) mass is 380 g/mol. The Morgan fingerprint density at radius 2 is 1.92 bits per heavy atom. The van der Waals surface area contributed by atoms with Crippen LogP contribution in [-0.4, -0.2) is 20.4 Å². The zero-order valence-corrected chi connectivity index (χ0v) is 14.1. The first-order valence-electron chi connectivity index (χ1n) is 7.38. The number of halogens is 1. The molecule has 0 saturated carbocycles. The highest BCUT2D eigenvalue weighted by molar-refractivity contribution is 9.10. The molecule has 2 aromatic carbocycles. The number of rotatable bonds is 3. The predicted octanol–water partition coefficient (Wildman–Crippen LogP) is 4.37. The van der Waals surface area contributed by atoms with Crippen molar-refractivity contribution in [2.75, 3.05) is 5.32 Å². The van der Waals surface area contributed by atoms with E-state index in [4.69, 9.17) is 0 Å². The zero-order chi connectivity index (χ0) is 16.5. The van der Waals surface area contributed by atoms with Crippen LogP contribution in [0.3, 0.4) is 0 Å². The highest BCUT2D eigenvalue weighted by atomic mass is 79.9. The quantitative estimate of drug-likeness (QED) is 0.554. The summed E-state index contributed by atoms with van der Waals surface area (Å²) >= 11 is 3.29. The lowest BCUT2D eigenvalue weighted by atomic mass is 10.2. The minimum atomic E-state index is -0.155. The van der Waals surface area contributed by atoms with Crippen molar-refractivity contribution in [2.45, 2.75) is 0 Å². The molecular weight excluding hydrogens is 368 g/mol. The number of amides is 1. The Hall–Kier alpha value is -2.86. The van der Waals surface area contributed by atoms with Crippen molar-refractivity contribution in [1.29, 1.82) is 0 Å². The van der Waals surface area contributed by atoms with Crippen molar-refractivity contribution in [1.82, 2.24) is 14.5 Å². The van der Waals surface area contributed by atoms with Gasteiger partial charge in [0.1, 0.15) is 6.33 Å². The van der Waals surface area contributed by atoms with E-state index in [1.54, 1.807) is 18.6 Å². The molecule has 0 unspecified atom stereocenters. The molecule has 0 bridgehead atoms. The highest BCUT2D eigenvalue weighted by Crippen LogP contribution is 2.20. The van der Waals surface area contributed by atoms with Gasteiger partial charge < -0.3 is 10.3 Å². The van der Waals surface area contributed by atoms with Crippen LogP contribution in [0.4, 0.5) is 5.69 Å². The smallest absolute Gasteiger partial charge is 0.257 e. The molecule has 2 heterocycles.